The summed E-state index contributed by atoms with van der Waals surface area (Å²) in [5.41, 5.74) is 2.67. The lowest BCUT2D eigenvalue weighted by Gasteiger charge is -2.09. The molecule has 5 nitrogen and oxygen atoms in total. The third-order valence-corrected chi connectivity index (χ3v) is 7.28. The van der Waals surface area contributed by atoms with Gasteiger partial charge in [-0.15, -0.1) is 0 Å². The maximum Gasteiger partial charge on any atom is 0.344 e. The molecular weight excluding hydrogens is 641 g/mol. The summed E-state index contributed by atoms with van der Waals surface area (Å²) in [4.78, 5) is 17.7. The Bertz CT molecular complexity index is 1320. The third-order valence-electron chi connectivity index (χ3n) is 4.92. The molecule has 35 heavy (non-hydrogen) atoms. The number of aliphatic hydroxyl groups excluding tert-OH is 1. The third kappa shape index (κ3) is 6.56. The lowest BCUT2D eigenvalue weighted by Crippen LogP contribution is -2.12. The summed E-state index contributed by atoms with van der Waals surface area (Å²) in [5.74, 6) is -0.0301. The van der Waals surface area contributed by atoms with Gasteiger partial charge in [0.15, 0.2) is 0 Å². The fourth-order valence-electron chi connectivity index (χ4n) is 3.23. The number of halogens is 2. The van der Waals surface area contributed by atoms with Crippen LogP contribution in [0, 0.1) is 3.57 Å². The molecule has 0 saturated heterocycles. The van der Waals surface area contributed by atoms with Gasteiger partial charge in [0.2, 0.25) is 0 Å². The molecule has 0 atom stereocenters. The molecule has 0 spiro atoms. The number of benzene rings is 3. The van der Waals surface area contributed by atoms with Gasteiger partial charge in [-0.3, -0.25) is 0 Å². The number of nitrogens with zero attached hydrogens (tertiary/aromatic N) is 1. The predicted octanol–water partition coefficient (Wildman–Crippen LogP) is 7.83. The highest BCUT2D eigenvalue weighted by Gasteiger charge is 2.33. The molecule has 4 rings (SSSR count). The van der Waals surface area contributed by atoms with Crippen molar-refractivity contribution >= 4 is 73.1 Å². The smallest absolute Gasteiger partial charge is 0.344 e. The van der Waals surface area contributed by atoms with Crippen LogP contribution in [0.1, 0.15) is 18.1 Å². The van der Waals surface area contributed by atoms with Crippen molar-refractivity contribution in [3.63, 3.8) is 0 Å². The van der Waals surface area contributed by atoms with E-state index in [0.717, 1.165) is 15.6 Å². The minimum atomic E-state index is -0.601. The van der Waals surface area contributed by atoms with Crippen LogP contribution in [0.25, 0.3) is 6.08 Å². The van der Waals surface area contributed by atoms with E-state index in [9.17, 15) is 9.90 Å². The molecule has 8 heteroatoms. The zero-order valence-electron chi connectivity index (χ0n) is 18.7. The summed E-state index contributed by atoms with van der Waals surface area (Å²) >= 11 is 7.07. The number of aliphatic imine (C=N–C) groups is 1. The van der Waals surface area contributed by atoms with Crippen molar-refractivity contribution in [3.05, 3.63) is 108 Å². The summed E-state index contributed by atoms with van der Waals surface area (Å²) in [6, 6.07) is 23.1. The summed E-state index contributed by atoms with van der Waals surface area (Å²) < 4.78 is 13.1. The first-order chi connectivity index (χ1) is 16.9. The average molecular weight is 662 g/mol. The van der Waals surface area contributed by atoms with Crippen LogP contribution in [0.2, 0.25) is 0 Å². The van der Waals surface area contributed by atoms with Crippen molar-refractivity contribution in [1.29, 1.82) is 0 Å². The van der Waals surface area contributed by atoms with Gasteiger partial charge in [0.25, 0.3) is 0 Å². The molecule has 0 radical (unpaired) electrons. The molecule has 0 saturated carbocycles. The molecule has 1 heterocycles. The van der Waals surface area contributed by atoms with Crippen LogP contribution in [0.3, 0.4) is 0 Å². The SMILES string of the molecule is CCOC(=O)C1=C(O)/C(=C/c2ccc(OCc3ccc(I)cc3)c(Br)c2)SC1=Nc1ccccc1. The number of carbonyl (C=O) groups is 1. The predicted molar refractivity (Wildman–Crippen MR) is 153 cm³/mol. The number of rotatable bonds is 7. The minimum Gasteiger partial charge on any atom is -0.506 e. The molecule has 1 N–H and O–H groups in total. The monoisotopic (exact) mass is 661 g/mol. The Labute approximate surface area is 230 Å². The van der Waals surface area contributed by atoms with Gasteiger partial charge >= 0.3 is 5.97 Å². The largest absolute Gasteiger partial charge is 0.506 e. The Morgan fingerprint density at radius 3 is 2.54 bits per heavy atom. The Balaban J connectivity index is 1.58. The number of thioether (sulfide) groups is 1. The van der Waals surface area contributed by atoms with Gasteiger partial charge in [0.05, 0.1) is 21.7 Å². The number of carbonyl (C=O) groups excluding carboxylic acids is 1. The van der Waals surface area contributed by atoms with E-state index in [1.165, 1.54) is 15.3 Å². The molecule has 1 aliphatic rings. The number of esters is 1. The van der Waals surface area contributed by atoms with E-state index in [2.05, 4.69) is 43.5 Å². The highest BCUT2D eigenvalue weighted by atomic mass is 127. The van der Waals surface area contributed by atoms with Crippen LogP contribution in [0.5, 0.6) is 5.75 Å². The fraction of sp³-hybridized carbons (Fsp3) is 0.111. The maximum absolute atomic E-state index is 12.6. The molecule has 178 valence electrons. The van der Waals surface area contributed by atoms with Gasteiger partial charge in [0.1, 0.15) is 28.7 Å². The van der Waals surface area contributed by atoms with E-state index in [1.807, 2.05) is 72.8 Å². The summed E-state index contributed by atoms with van der Waals surface area (Å²) in [5, 5.41) is 11.3. The van der Waals surface area contributed by atoms with E-state index < -0.39 is 5.97 Å². The minimum absolute atomic E-state index is 0.0727. The molecule has 0 amide bonds. The number of para-hydroxylation sites is 1. The van der Waals surface area contributed by atoms with Crippen LogP contribution < -0.4 is 4.74 Å². The molecule has 0 fully saturated rings. The van der Waals surface area contributed by atoms with Crippen LogP contribution in [-0.2, 0) is 16.1 Å². The van der Waals surface area contributed by atoms with Crippen LogP contribution in [0.15, 0.2) is 98.5 Å². The van der Waals surface area contributed by atoms with E-state index in [0.29, 0.717) is 28.0 Å². The van der Waals surface area contributed by atoms with Gasteiger partial charge in [-0.1, -0.05) is 48.2 Å². The average Bonchev–Trinajstić information content (AvgIpc) is 3.14. The Morgan fingerprint density at radius 1 is 1.11 bits per heavy atom. The van der Waals surface area contributed by atoms with Crippen LogP contribution in [0.4, 0.5) is 5.69 Å². The molecular formula is C27H21BrINO4S. The molecule has 0 bridgehead atoms. The van der Waals surface area contributed by atoms with Crippen molar-refractivity contribution in [2.45, 2.75) is 13.5 Å². The Hall–Kier alpha value is -2.56. The van der Waals surface area contributed by atoms with Crippen molar-refractivity contribution in [2.75, 3.05) is 6.61 Å². The number of hydrogen-bond acceptors (Lipinski definition) is 6. The summed E-state index contributed by atoms with van der Waals surface area (Å²) in [7, 11) is 0. The second-order valence-electron chi connectivity index (χ2n) is 7.41. The van der Waals surface area contributed by atoms with Gasteiger partial charge in [-0.2, -0.15) is 0 Å². The standard InChI is InChI=1S/C27H21BrINO4S/c1-2-33-27(32)24-25(31)23(35-26(24)30-20-6-4-3-5-7-20)15-18-10-13-22(21(28)14-18)34-16-17-8-11-19(29)12-9-17/h3-15,31H,2,16H2,1H3/b23-15-,30-26?. The topological polar surface area (TPSA) is 68.1 Å². The van der Waals surface area contributed by atoms with E-state index in [4.69, 9.17) is 9.47 Å². The molecule has 3 aromatic rings. The Kier molecular flexibility index (Phi) is 8.69. The lowest BCUT2D eigenvalue weighted by atomic mass is 10.1. The quantitative estimate of drug-likeness (QED) is 0.207. The molecule has 0 unspecified atom stereocenters. The fourth-order valence-corrected chi connectivity index (χ4v) is 5.13. The van der Waals surface area contributed by atoms with Gasteiger partial charge < -0.3 is 14.6 Å². The van der Waals surface area contributed by atoms with Gasteiger partial charge in [0, 0.05) is 3.57 Å². The molecule has 1 aliphatic heterocycles. The van der Waals surface area contributed by atoms with Crippen LogP contribution >= 0.6 is 50.3 Å². The second kappa shape index (κ2) is 11.9. The van der Waals surface area contributed by atoms with E-state index in [-0.39, 0.29) is 17.9 Å². The van der Waals surface area contributed by atoms with Crippen molar-refractivity contribution in [1.82, 2.24) is 0 Å². The summed E-state index contributed by atoms with van der Waals surface area (Å²) in [6.07, 6.45) is 1.81. The van der Waals surface area contributed by atoms with Crippen molar-refractivity contribution < 1.29 is 19.4 Å². The Morgan fingerprint density at radius 2 is 1.86 bits per heavy atom. The van der Waals surface area contributed by atoms with Crippen LogP contribution in [-0.4, -0.2) is 22.7 Å². The normalized spacial score (nSPS) is 15.6. The molecule has 0 aromatic heterocycles. The van der Waals surface area contributed by atoms with Gasteiger partial charge in [-0.25, -0.2) is 9.79 Å². The number of ether oxygens (including phenoxy) is 2. The second-order valence-corrected chi connectivity index (χ2v) is 10.5. The van der Waals surface area contributed by atoms with Gasteiger partial charge in [-0.05, 0) is 99.0 Å². The number of hydrogen-bond donors (Lipinski definition) is 1. The lowest BCUT2D eigenvalue weighted by molar-refractivity contribution is -0.138. The molecule has 3 aromatic carbocycles. The first kappa shape index (κ1) is 25.5. The highest BCUT2D eigenvalue weighted by Crippen LogP contribution is 2.40. The van der Waals surface area contributed by atoms with Crippen molar-refractivity contribution in [3.8, 4) is 5.75 Å². The molecule has 0 aliphatic carbocycles. The van der Waals surface area contributed by atoms with Crippen molar-refractivity contribution in [2.24, 2.45) is 4.99 Å². The zero-order chi connectivity index (χ0) is 24.8. The first-order valence-electron chi connectivity index (χ1n) is 10.8. The zero-order valence-corrected chi connectivity index (χ0v) is 23.3. The highest BCUT2D eigenvalue weighted by molar-refractivity contribution is 14.1. The van der Waals surface area contributed by atoms with E-state index in [1.54, 1.807) is 13.0 Å². The van der Waals surface area contributed by atoms with E-state index >= 15 is 0 Å². The number of aliphatic hydroxyl groups is 1. The maximum atomic E-state index is 12.6. The first-order valence-corrected chi connectivity index (χ1v) is 13.4. The summed E-state index contributed by atoms with van der Waals surface area (Å²) in [6.45, 7) is 2.38.